The van der Waals surface area contributed by atoms with Gasteiger partial charge in [-0.05, 0) is 47.2 Å². The predicted octanol–water partition coefficient (Wildman–Crippen LogP) is 3.99. The van der Waals surface area contributed by atoms with E-state index in [1.165, 1.54) is 11.3 Å². The van der Waals surface area contributed by atoms with Gasteiger partial charge in [-0.25, -0.2) is 0 Å². The number of nitrogens with one attached hydrogen (secondary N) is 1. The summed E-state index contributed by atoms with van der Waals surface area (Å²) in [5, 5.41) is 24.8. The third-order valence-corrected chi connectivity index (χ3v) is 6.21. The summed E-state index contributed by atoms with van der Waals surface area (Å²) in [4.78, 5) is 0. The molecule has 1 N–H and O–H groups in total. The van der Waals surface area contributed by atoms with Crippen LogP contribution >= 0.6 is 23.1 Å². The Morgan fingerprint density at radius 3 is 2.62 bits per heavy atom. The molecule has 0 amide bonds. The van der Waals surface area contributed by atoms with E-state index in [2.05, 4.69) is 38.0 Å². The van der Waals surface area contributed by atoms with E-state index in [-0.39, 0.29) is 5.25 Å². The van der Waals surface area contributed by atoms with Crippen LogP contribution in [0.2, 0.25) is 0 Å². The van der Waals surface area contributed by atoms with Crippen LogP contribution in [0.5, 0.6) is 5.75 Å². The molecule has 2 heterocycles. The Labute approximate surface area is 176 Å². The van der Waals surface area contributed by atoms with Crippen LogP contribution in [-0.2, 0) is 6.54 Å². The quantitative estimate of drug-likeness (QED) is 0.424. The molecule has 10 heteroatoms. The van der Waals surface area contributed by atoms with Crippen LogP contribution < -0.4 is 10.1 Å². The second-order valence-corrected chi connectivity index (χ2v) is 8.68. The van der Waals surface area contributed by atoms with Crippen LogP contribution in [0.3, 0.4) is 0 Å². The first kappa shape index (κ1) is 19.3. The number of tetrazole rings is 1. The average molecular weight is 426 g/mol. The van der Waals surface area contributed by atoms with Gasteiger partial charge in [-0.2, -0.15) is 4.68 Å². The van der Waals surface area contributed by atoms with Gasteiger partial charge >= 0.3 is 0 Å². The third-order valence-electron chi connectivity index (χ3n) is 4.14. The third kappa shape index (κ3) is 4.72. The number of hydrogen-bond donors (Lipinski definition) is 1. The minimum Gasteiger partial charge on any atom is -0.497 e. The average Bonchev–Trinajstić information content (AvgIpc) is 3.43. The van der Waals surface area contributed by atoms with Crippen molar-refractivity contribution in [2.75, 3.05) is 12.4 Å². The number of ether oxygens (including phenoxy) is 1. The van der Waals surface area contributed by atoms with Gasteiger partial charge < -0.3 is 10.1 Å². The zero-order valence-corrected chi connectivity index (χ0v) is 17.5. The Hall–Kier alpha value is -2.98. The number of benzene rings is 2. The molecule has 1 atom stereocenters. The molecule has 4 rings (SSSR count). The van der Waals surface area contributed by atoms with Crippen molar-refractivity contribution in [1.82, 2.24) is 30.4 Å². The van der Waals surface area contributed by atoms with E-state index < -0.39 is 0 Å². The Morgan fingerprint density at radius 2 is 1.86 bits per heavy atom. The molecular weight excluding hydrogens is 406 g/mol. The second kappa shape index (κ2) is 9.01. The van der Waals surface area contributed by atoms with Crippen LogP contribution in [0.25, 0.3) is 5.69 Å². The standard InChI is InChI=1S/C19H19N7OS2/c1-13(17-21-24-25-26(17)15-6-4-3-5-7-15)28-19-23-22-18(29-19)20-12-14-8-10-16(27-2)11-9-14/h3-11,13H,12H2,1-2H3,(H,20,22)/t13-/m0/s1. The molecule has 0 saturated carbocycles. The molecule has 0 fully saturated rings. The van der Waals surface area contributed by atoms with Gasteiger partial charge in [0.25, 0.3) is 0 Å². The molecule has 4 aromatic rings. The molecule has 0 saturated heterocycles. The molecule has 0 unspecified atom stereocenters. The number of thioether (sulfide) groups is 1. The van der Waals surface area contributed by atoms with E-state index in [1.54, 1.807) is 23.6 Å². The van der Waals surface area contributed by atoms with Crippen molar-refractivity contribution in [2.24, 2.45) is 0 Å². The zero-order chi connectivity index (χ0) is 20.1. The molecular formula is C19H19N7OS2. The van der Waals surface area contributed by atoms with Crippen molar-refractivity contribution < 1.29 is 4.74 Å². The summed E-state index contributed by atoms with van der Waals surface area (Å²) in [5.74, 6) is 1.61. The van der Waals surface area contributed by atoms with Crippen LogP contribution in [-0.4, -0.2) is 37.5 Å². The Kier molecular flexibility index (Phi) is 6.01. The fraction of sp³-hybridized carbons (Fsp3) is 0.211. The van der Waals surface area contributed by atoms with Gasteiger partial charge in [0.15, 0.2) is 10.2 Å². The number of aromatic nitrogens is 6. The summed E-state index contributed by atoms with van der Waals surface area (Å²) in [6.45, 7) is 2.73. The first-order valence-electron chi connectivity index (χ1n) is 8.93. The highest BCUT2D eigenvalue weighted by Gasteiger charge is 2.19. The summed E-state index contributed by atoms with van der Waals surface area (Å²) in [7, 11) is 1.66. The highest BCUT2D eigenvalue weighted by molar-refractivity contribution is 8.01. The molecule has 0 aliphatic heterocycles. The maximum Gasteiger partial charge on any atom is 0.206 e. The van der Waals surface area contributed by atoms with Gasteiger partial charge in [0, 0.05) is 6.54 Å². The van der Waals surface area contributed by atoms with Gasteiger partial charge in [0.2, 0.25) is 5.13 Å². The normalized spacial score (nSPS) is 11.9. The number of anilines is 1. The van der Waals surface area contributed by atoms with Gasteiger partial charge in [-0.1, -0.05) is 53.4 Å². The fourth-order valence-corrected chi connectivity index (χ4v) is 4.63. The molecule has 0 radical (unpaired) electrons. The number of nitrogens with zero attached hydrogens (tertiary/aromatic N) is 6. The number of hydrogen-bond acceptors (Lipinski definition) is 9. The molecule has 8 nitrogen and oxygen atoms in total. The van der Waals surface area contributed by atoms with E-state index in [1.807, 2.05) is 54.6 Å². The van der Waals surface area contributed by atoms with Gasteiger partial charge in [0.1, 0.15) is 5.75 Å². The lowest BCUT2D eigenvalue weighted by Crippen LogP contribution is -2.04. The van der Waals surface area contributed by atoms with E-state index in [4.69, 9.17) is 4.74 Å². The molecule has 148 valence electrons. The highest BCUT2D eigenvalue weighted by atomic mass is 32.2. The molecule has 0 aliphatic rings. The first-order chi connectivity index (χ1) is 14.2. The van der Waals surface area contributed by atoms with Crippen molar-refractivity contribution in [3.63, 3.8) is 0 Å². The van der Waals surface area contributed by atoms with E-state index in [0.29, 0.717) is 6.54 Å². The lowest BCUT2D eigenvalue weighted by atomic mass is 10.2. The van der Waals surface area contributed by atoms with Gasteiger partial charge in [-0.3, -0.25) is 0 Å². The van der Waals surface area contributed by atoms with E-state index in [0.717, 1.165) is 32.3 Å². The molecule has 2 aromatic carbocycles. The predicted molar refractivity (Wildman–Crippen MR) is 114 cm³/mol. The summed E-state index contributed by atoms with van der Waals surface area (Å²) >= 11 is 3.10. The topological polar surface area (TPSA) is 90.6 Å². The Balaban J connectivity index is 1.38. The maximum absolute atomic E-state index is 5.18. The summed E-state index contributed by atoms with van der Waals surface area (Å²) < 4.78 is 7.79. The van der Waals surface area contributed by atoms with Crippen molar-refractivity contribution in [2.45, 2.75) is 23.1 Å². The summed E-state index contributed by atoms with van der Waals surface area (Å²) in [5.41, 5.74) is 2.07. The van der Waals surface area contributed by atoms with Crippen molar-refractivity contribution in [3.05, 3.63) is 66.0 Å². The first-order valence-corrected chi connectivity index (χ1v) is 10.6. The van der Waals surface area contributed by atoms with Crippen molar-refractivity contribution in [1.29, 1.82) is 0 Å². The molecule has 0 bridgehead atoms. The lowest BCUT2D eigenvalue weighted by Gasteiger charge is -2.09. The van der Waals surface area contributed by atoms with Crippen molar-refractivity contribution in [3.8, 4) is 11.4 Å². The van der Waals surface area contributed by atoms with Gasteiger partial charge in [0.05, 0.1) is 18.0 Å². The smallest absolute Gasteiger partial charge is 0.206 e. The minimum atomic E-state index is 0.0209. The maximum atomic E-state index is 5.18. The Morgan fingerprint density at radius 1 is 1.07 bits per heavy atom. The largest absolute Gasteiger partial charge is 0.497 e. The lowest BCUT2D eigenvalue weighted by molar-refractivity contribution is 0.414. The molecule has 0 spiro atoms. The number of para-hydroxylation sites is 1. The fourth-order valence-electron chi connectivity index (χ4n) is 2.65. The van der Waals surface area contributed by atoms with Crippen LogP contribution in [0.15, 0.2) is 58.9 Å². The number of methoxy groups -OCH3 is 1. The number of rotatable bonds is 8. The Bertz CT molecular complexity index is 1050. The zero-order valence-electron chi connectivity index (χ0n) is 15.9. The summed E-state index contributed by atoms with van der Waals surface area (Å²) in [6, 6.07) is 17.8. The SMILES string of the molecule is COc1ccc(CNc2nnc(S[C@@H](C)c3nnnn3-c3ccccc3)s2)cc1. The second-order valence-electron chi connectivity index (χ2n) is 6.12. The highest BCUT2D eigenvalue weighted by Crippen LogP contribution is 2.36. The molecule has 2 aromatic heterocycles. The van der Waals surface area contributed by atoms with Crippen LogP contribution in [0, 0.1) is 0 Å². The van der Waals surface area contributed by atoms with E-state index in [9.17, 15) is 0 Å². The van der Waals surface area contributed by atoms with Crippen LogP contribution in [0.1, 0.15) is 23.6 Å². The summed E-state index contributed by atoms with van der Waals surface area (Å²) in [6.07, 6.45) is 0. The molecule has 0 aliphatic carbocycles. The monoisotopic (exact) mass is 425 g/mol. The van der Waals surface area contributed by atoms with E-state index >= 15 is 0 Å². The molecule has 29 heavy (non-hydrogen) atoms. The van der Waals surface area contributed by atoms with Crippen LogP contribution in [0.4, 0.5) is 5.13 Å². The van der Waals surface area contributed by atoms with Gasteiger partial charge in [-0.15, -0.1) is 15.3 Å². The van der Waals surface area contributed by atoms with Crippen molar-refractivity contribution >= 4 is 28.2 Å². The minimum absolute atomic E-state index is 0.0209.